The van der Waals surface area contributed by atoms with E-state index in [0.29, 0.717) is 12.8 Å². The van der Waals surface area contributed by atoms with Gasteiger partial charge in [0.1, 0.15) is 0 Å². The molecule has 1 unspecified atom stereocenters. The number of aryl methyl sites for hydroxylation is 1. The summed E-state index contributed by atoms with van der Waals surface area (Å²) < 4.78 is 11.0. The van der Waals surface area contributed by atoms with E-state index < -0.39 is 0 Å². The number of fused-ring (bicyclic) bond motifs is 2. The van der Waals surface area contributed by atoms with Gasteiger partial charge in [0.2, 0.25) is 6.79 Å². The fraction of sp³-hybridized carbons (Fsp3) is 0.375. The number of benzene rings is 1. The lowest BCUT2D eigenvalue weighted by molar-refractivity contribution is 0.174. The van der Waals surface area contributed by atoms with Crippen molar-refractivity contribution in [3.05, 3.63) is 45.1 Å². The van der Waals surface area contributed by atoms with E-state index in [1.54, 1.807) is 0 Å². The summed E-state index contributed by atoms with van der Waals surface area (Å²) in [4.78, 5) is 2.83. The van der Waals surface area contributed by atoms with Crippen LogP contribution in [0.4, 0.5) is 0 Å². The van der Waals surface area contributed by atoms with Crippen molar-refractivity contribution in [3.8, 4) is 11.5 Å². The quantitative estimate of drug-likeness (QED) is 0.919. The van der Waals surface area contributed by atoms with E-state index in [4.69, 9.17) is 9.47 Å². The predicted octanol–water partition coefficient (Wildman–Crippen LogP) is 3.27. The van der Waals surface area contributed by atoms with Gasteiger partial charge in [0, 0.05) is 16.3 Å². The molecule has 3 nitrogen and oxygen atoms in total. The number of thiophene rings is 1. The van der Waals surface area contributed by atoms with Crippen LogP contribution in [0.5, 0.6) is 11.5 Å². The van der Waals surface area contributed by atoms with Crippen molar-refractivity contribution >= 4 is 11.3 Å². The van der Waals surface area contributed by atoms with Crippen LogP contribution in [0, 0.1) is 0 Å². The van der Waals surface area contributed by atoms with Gasteiger partial charge in [-0.1, -0.05) is 6.92 Å². The first-order valence-corrected chi connectivity index (χ1v) is 7.91. The highest BCUT2D eigenvalue weighted by Crippen LogP contribution is 2.41. The van der Waals surface area contributed by atoms with Gasteiger partial charge in [-0.15, -0.1) is 11.3 Å². The van der Waals surface area contributed by atoms with Crippen LogP contribution >= 0.6 is 11.3 Å². The monoisotopic (exact) mass is 287 g/mol. The summed E-state index contributed by atoms with van der Waals surface area (Å²) in [5.74, 6) is 1.77. The highest BCUT2D eigenvalue weighted by atomic mass is 32.1. The van der Waals surface area contributed by atoms with Crippen LogP contribution in [0.25, 0.3) is 0 Å². The number of hydrogen-bond donors (Lipinski definition) is 1. The molecule has 0 bridgehead atoms. The van der Waals surface area contributed by atoms with Crippen molar-refractivity contribution in [2.24, 2.45) is 0 Å². The fourth-order valence-electron chi connectivity index (χ4n) is 2.94. The molecular formula is C16H17NO2S. The first-order chi connectivity index (χ1) is 9.85. The molecule has 0 saturated heterocycles. The second-order valence-corrected chi connectivity index (χ2v) is 6.40. The van der Waals surface area contributed by atoms with Crippen LogP contribution in [0.2, 0.25) is 0 Å². The van der Waals surface area contributed by atoms with Crippen LogP contribution in [-0.4, -0.2) is 13.3 Å². The average Bonchev–Trinajstić information content (AvgIpc) is 3.12. The Morgan fingerprint density at radius 1 is 1.25 bits per heavy atom. The van der Waals surface area contributed by atoms with Gasteiger partial charge < -0.3 is 14.8 Å². The molecule has 0 fully saturated rings. The lowest BCUT2D eigenvalue weighted by Gasteiger charge is -2.26. The number of rotatable bonds is 2. The molecule has 1 atom stereocenters. The van der Waals surface area contributed by atoms with Gasteiger partial charge in [-0.25, -0.2) is 0 Å². The average molecular weight is 287 g/mol. The molecule has 2 aromatic rings. The predicted molar refractivity (Wildman–Crippen MR) is 79.8 cm³/mol. The smallest absolute Gasteiger partial charge is 0.231 e. The van der Waals surface area contributed by atoms with E-state index in [1.807, 2.05) is 11.3 Å². The Hall–Kier alpha value is -1.52. The number of nitrogens with one attached hydrogen (secondary N) is 1. The van der Waals surface area contributed by atoms with Gasteiger partial charge >= 0.3 is 0 Å². The minimum absolute atomic E-state index is 0.290. The summed E-state index contributed by atoms with van der Waals surface area (Å²) in [7, 11) is 0. The maximum Gasteiger partial charge on any atom is 0.231 e. The van der Waals surface area contributed by atoms with E-state index in [2.05, 4.69) is 36.5 Å². The Morgan fingerprint density at radius 3 is 2.90 bits per heavy atom. The van der Waals surface area contributed by atoms with Crippen molar-refractivity contribution < 1.29 is 9.47 Å². The largest absolute Gasteiger partial charge is 0.454 e. The minimum Gasteiger partial charge on any atom is -0.454 e. The highest BCUT2D eigenvalue weighted by molar-refractivity contribution is 7.12. The Balaban J connectivity index is 1.77. The van der Waals surface area contributed by atoms with E-state index in [0.717, 1.165) is 30.9 Å². The summed E-state index contributed by atoms with van der Waals surface area (Å²) in [5, 5.41) is 3.63. The molecule has 4 heteroatoms. The third-order valence-corrected chi connectivity index (χ3v) is 5.30. The van der Waals surface area contributed by atoms with Crippen molar-refractivity contribution in [1.82, 2.24) is 5.32 Å². The van der Waals surface area contributed by atoms with Gasteiger partial charge in [-0.2, -0.15) is 0 Å². The highest BCUT2D eigenvalue weighted by Gasteiger charge is 2.26. The minimum atomic E-state index is 0.290. The van der Waals surface area contributed by atoms with Crippen molar-refractivity contribution in [2.75, 3.05) is 13.3 Å². The summed E-state index contributed by atoms with van der Waals surface area (Å²) in [6, 6.07) is 9.09. The molecule has 0 radical (unpaired) electrons. The zero-order chi connectivity index (χ0) is 13.5. The fourth-order valence-corrected chi connectivity index (χ4v) is 3.99. The summed E-state index contributed by atoms with van der Waals surface area (Å²) in [5.41, 5.74) is 2.72. The molecular weight excluding hydrogens is 270 g/mol. The van der Waals surface area contributed by atoms with Gasteiger partial charge in [-0.05, 0) is 48.2 Å². The third-order valence-electron chi connectivity index (χ3n) is 4.00. The van der Waals surface area contributed by atoms with Gasteiger partial charge in [0.25, 0.3) is 0 Å². The zero-order valence-corrected chi connectivity index (χ0v) is 12.3. The molecule has 1 aromatic heterocycles. The Kier molecular flexibility index (Phi) is 2.93. The van der Waals surface area contributed by atoms with Crippen molar-refractivity contribution in [1.29, 1.82) is 0 Å². The Morgan fingerprint density at radius 2 is 2.10 bits per heavy atom. The maximum atomic E-state index is 5.53. The molecule has 1 aromatic carbocycles. The summed E-state index contributed by atoms with van der Waals surface area (Å²) in [6.07, 6.45) is 2.15. The second kappa shape index (κ2) is 4.79. The lowest BCUT2D eigenvalue weighted by Crippen LogP contribution is -2.29. The first-order valence-electron chi connectivity index (χ1n) is 7.09. The number of hydrogen-bond acceptors (Lipinski definition) is 4. The van der Waals surface area contributed by atoms with E-state index in [1.165, 1.54) is 20.9 Å². The standard InChI is InChI=1S/C16H17NO2S/c1-2-11-3-4-15(20-11)16-12-8-14-13(18-9-19-14)7-10(12)5-6-17-16/h3-4,7-8,16-17H,2,5-6,9H2,1H3. The molecule has 20 heavy (non-hydrogen) atoms. The van der Waals surface area contributed by atoms with Crippen LogP contribution in [-0.2, 0) is 12.8 Å². The molecule has 0 saturated carbocycles. The Bertz CT molecular complexity index is 650. The summed E-state index contributed by atoms with van der Waals surface area (Å²) in [6.45, 7) is 3.56. The van der Waals surface area contributed by atoms with Crippen LogP contribution < -0.4 is 14.8 Å². The van der Waals surface area contributed by atoms with Crippen LogP contribution in [0.3, 0.4) is 0 Å². The second-order valence-electron chi connectivity index (χ2n) is 5.20. The third kappa shape index (κ3) is 1.91. The first kappa shape index (κ1) is 12.2. The molecule has 4 rings (SSSR count). The zero-order valence-electron chi connectivity index (χ0n) is 11.4. The van der Waals surface area contributed by atoms with Gasteiger partial charge in [0.15, 0.2) is 11.5 Å². The SMILES string of the molecule is CCc1ccc(C2NCCc3cc4c(cc32)OCO4)s1. The normalized spacial score (nSPS) is 19.9. The molecule has 0 amide bonds. The molecule has 0 spiro atoms. The molecule has 1 N–H and O–H groups in total. The lowest BCUT2D eigenvalue weighted by atomic mass is 9.93. The molecule has 104 valence electrons. The molecule has 3 heterocycles. The molecule has 0 aliphatic carbocycles. The summed E-state index contributed by atoms with van der Waals surface area (Å²) >= 11 is 1.90. The van der Waals surface area contributed by atoms with Crippen molar-refractivity contribution in [3.63, 3.8) is 0 Å². The van der Waals surface area contributed by atoms with E-state index >= 15 is 0 Å². The van der Waals surface area contributed by atoms with Crippen LogP contribution in [0.15, 0.2) is 24.3 Å². The number of ether oxygens (including phenoxy) is 2. The Labute approximate surface area is 122 Å². The van der Waals surface area contributed by atoms with E-state index in [9.17, 15) is 0 Å². The molecule has 2 aliphatic heterocycles. The van der Waals surface area contributed by atoms with Crippen molar-refractivity contribution in [2.45, 2.75) is 25.8 Å². The van der Waals surface area contributed by atoms with Crippen LogP contribution in [0.1, 0.15) is 33.8 Å². The van der Waals surface area contributed by atoms with Gasteiger partial charge in [-0.3, -0.25) is 0 Å². The topological polar surface area (TPSA) is 30.5 Å². The van der Waals surface area contributed by atoms with E-state index in [-0.39, 0.29) is 0 Å². The molecule has 2 aliphatic rings. The maximum absolute atomic E-state index is 5.53. The van der Waals surface area contributed by atoms with Gasteiger partial charge in [0.05, 0.1) is 6.04 Å².